The van der Waals surface area contributed by atoms with Gasteiger partial charge in [-0.15, -0.1) is 0 Å². The molecule has 0 saturated heterocycles. The van der Waals surface area contributed by atoms with Gasteiger partial charge in [-0.05, 0) is 19.1 Å². The van der Waals surface area contributed by atoms with Gasteiger partial charge in [0.1, 0.15) is 5.69 Å². The minimum absolute atomic E-state index is 0.575. The summed E-state index contributed by atoms with van der Waals surface area (Å²) in [4.78, 5) is 0. The Hall–Kier alpha value is -1.35. The fraction of sp³-hybridized carbons (Fsp3) is 0.222. The molecule has 0 amide bonds. The molecule has 0 aliphatic heterocycles. The third-order valence-electron chi connectivity index (χ3n) is 1.80. The van der Waals surface area contributed by atoms with Gasteiger partial charge in [0, 0.05) is 5.39 Å². The maximum atomic E-state index is 9.29. The number of aromatic nitrogens is 1. The molecule has 2 rings (SSSR count). The average molecular weight is 163 g/mol. The maximum absolute atomic E-state index is 9.29. The van der Waals surface area contributed by atoms with Crippen molar-refractivity contribution in [2.24, 2.45) is 0 Å². The van der Waals surface area contributed by atoms with Crippen molar-refractivity contribution in [1.29, 1.82) is 0 Å². The van der Waals surface area contributed by atoms with Gasteiger partial charge in [0.2, 0.25) is 0 Å². The van der Waals surface area contributed by atoms with E-state index in [1.165, 1.54) is 0 Å². The van der Waals surface area contributed by atoms with Crippen LogP contribution >= 0.6 is 0 Å². The van der Waals surface area contributed by atoms with Crippen molar-refractivity contribution < 1.29 is 9.63 Å². The molecule has 1 heterocycles. The lowest BCUT2D eigenvalue weighted by Crippen LogP contribution is -1.90. The van der Waals surface area contributed by atoms with Crippen LogP contribution in [0.5, 0.6) is 0 Å². The van der Waals surface area contributed by atoms with Crippen molar-refractivity contribution in [3.8, 4) is 0 Å². The van der Waals surface area contributed by atoms with Crippen molar-refractivity contribution in [3.63, 3.8) is 0 Å². The van der Waals surface area contributed by atoms with Gasteiger partial charge in [-0.2, -0.15) is 0 Å². The lowest BCUT2D eigenvalue weighted by atomic mass is 10.1. The molecule has 1 aromatic carbocycles. The smallest absolute Gasteiger partial charge is 0.167 e. The zero-order valence-electron chi connectivity index (χ0n) is 6.69. The number of fused-ring (bicyclic) bond motifs is 1. The first-order valence-electron chi connectivity index (χ1n) is 3.81. The van der Waals surface area contributed by atoms with E-state index in [0.717, 1.165) is 5.39 Å². The van der Waals surface area contributed by atoms with Gasteiger partial charge in [-0.25, -0.2) is 0 Å². The number of rotatable bonds is 1. The van der Waals surface area contributed by atoms with Gasteiger partial charge < -0.3 is 9.63 Å². The Bertz CT molecular complexity index is 392. The molecule has 2 aromatic rings. The van der Waals surface area contributed by atoms with Crippen LogP contribution < -0.4 is 0 Å². The highest BCUT2D eigenvalue weighted by Crippen LogP contribution is 2.22. The Morgan fingerprint density at radius 2 is 2.17 bits per heavy atom. The van der Waals surface area contributed by atoms with Crippen LogP contribution in [0.1, 0.15) is 18.7 Å². The van der Waals surface area contributed by atoms with Crippen molar-refractivity contribution in [3.05, 3.63) is 30.0 Å². The predicted molar refractivity (Wildman–Crippen MR) is 44.6 cm³/mol. The van der Waals surface area contributed by atoms with Crippen LogP contribution in [0.4, 0.5) is 0 Å². The Balaban J connectivity index is 2.70. The van der Waals surface area contributed by atoms with Gasteiger partial charge >= 0.3 is 0 Å². The zero-order valence-corrected chi connectivity index (χ0v) is 6.69. The molecule has 0 bridgehead atoms. The van der Waals surface area contributed by atoms with Crippen LogP contribution in [0, 0.1) is 0 Å². The van der Waals surface area contributed by atoms with Crippen LogP contribution in [-0.2, 0) is 0 Å². The normalized spacial score (nSPS) is 13.5. The summed E-state index contributed by atoms with van der Waals surface area (Å²) in [5.41, 5.74) is 1.32. The molecule has 0 radical (unpaired) electrons. The quantitative estimate of drug-likeness (QED) is 0.698. The summed E-state index contributed by atoms with van der Waals surface area (Å²) in [6.45, 7) is 1.67. The number of nitrogens with zero attached hydrogens (tertiary/aromatic N) is 1. The minimum Gasteiger partial charge on any atom is -0.387 e. The van der Waals surface area contributed by atoms with Crippen LogP contribution in [0.25, 0.3) is 11.0 Å². The lowest BCUT2D eigenvalue weighted by molar-refractivity contribution is 0.189. The molecule has 3 nitrogen and oxygen atoms in total. The van der Waals surface area contributed by atoms with E-state index >= 15 is 0 Å². The Labute approximate surface area is 69.6 Å². The summed E-state index contributed by atoms with van der Waals surface area (Å²) in [6, 6.07) is 7.48. The van der Waals surface area contributed by atoms with Crippen molar-refractivity contribution in [2.75, 3.05) is 0 Å². The number of hydrogen-bond acceptors (Lipinski definition) is 3. The summed E-state index contributed by atoms with van der Waals surface area (Å²) in [5.74, 6) is 0. The number of hydrogen-bond donors (Lipinski definition) is 1. The monoisotopic (exact) mass is 163 g/mol. The third kappa shape index (κ3) is 0.987. The number of aliphatic hydroxyl groups is 1. The van der Waals surface area contributed by atoms with Crippen LogP contribution in [0.15, 0.2) is 28.8 Å². The minimum atomic E-state index is -0.575. The highest BCUT2D eigenvalue weighted by Gasteiger charge is 2.10. The molecule has 0 unspecified atom stereocenters. The molecule has 1 atom stereocenters. The number of aliphatic hydroxyl groups excluding tert-OH is 1. The molecule has 62 valence electrons. The summed E-state index contributed by atoms with van der Waals surface area (Å²) in [7, 11) is 0. The second-order valence-electron chi connectivity index (χ2n) is 2.74. The van der Waals surface area contributed by atoms with Gasteiger partial charge in [0.15, 0.2) is 5.58 Å². The van der Waals surface area contributed by atoms with E-state index in [-0.39, 0.29) is 0 Å². The topological polar surface area (TPSA) is 46.3 Å². The summed E-state index contributed by atoms with van der Waals surface area (Å²) >= 11 is 0. The molecule has 1 N–H and O–H groups in total. The number of benzene rings is 1. The third-order valence-corrected chi connectivity index (χ3v) is 1.80. The Kier molecular flexibility index (Phi) is 1.59. The van der Waals surface area contributed by atoms with E-state index in [4.69, 9.17) is 4.52 Å². The highest BCUT2D eigenvalue weighted by atomic mass is 16.5. The van der Waals surface area contributed by atoms with E-state index in [1.807, 2.05) is 24.3 Å². The fourth-order valence-electron chi connectivity index (χ4n) is 1.21. The first kappa shape index (κ1) is 7.31. The van der Waals surface area contributed by atoms with Gasteiger partial charge in [-0.1, -0.05) is 17.3 Å². The molecular formula is C9H9NO2. The lowest BCUT2D eigenvalue weighted by Gasteiger charge is -1.96. The van der Waals surface area contributed by atoms with E-state index in [2.05, 4.69) is 5.16 Å². The summed E-state index contributed by atoms with van der Waals surface area (Å²) in [5, 5.41) is 13.9. The van der Waals surface area contributed by atoms with Crippen LogP contribution in [0.3, 0.4) is 0 Å². The molecule has 12 heavy (non-hydrogen) atoms. The Morgan fingerprint density at radius 1 is 1.42 bits per heavy atom. The summed E-state index contributed by atoms with van der Waals surface area (Å²) in [6.07, 6.45) is -0.575. The number of para-hydroxylation sites is 1. The van der Waals surface area contributed by atoms with Gasteiger partial charge in [0.25, 0.3) is 0 Å². The van der Waals surface area contributed by atoms with Crippen molar-refractivity contribution >= 4 is 11.0 Å². The van der Waals surface area contributed by atoms with Crippen molar-refractivity contribution in [2.45, 2.75) is 13.0 Å². The molecule has 3 heteroatoms. The molecule has 0 aliphatic carbocycles. The molecule has 0 saturated carbocycles. The zero-order chi connectivity index (χ0) is 8.55. The molecule has 1 aromatic heterocycles. The Morgan fingerprint density at radius 3 is 2.92 bits per heavy atom. The largest absolute Gasteiger partial charge is 0.387 e. The average Bonchev–Trinajstić information content (AvgIpc) is 2.47. The highest BCUT2D eigenvalue weighted by molar-refractivity contribution is 5.79. The molecule has 0 fully saturated rings. The van der Waals surface area contributed by atoms with E-state index < -0.39 is 6.10 Å². The van der Waals surface area contributed by atoms with Gasteiger partial charge in [0.05, 0.1) is 6.10 Å². The van der Waals surface area contributed by atoms with Crippen LogP contribution in [0.2, 0.25) is 0 Å². The van der Waals surface area contributed by atoms with Crippen molar-refractivity contribution in [1.82, 2.24) is 5.16 Å². The second-order valence-corrected chi connectivity index (χ2v) is 2.74. The fourth-order valence-corrected chi connectivity index (χ4v) is 1.21. The first-order chi connectivity index (χ1) is 5.79. The standard InChI is InChI=1S/C9H9NO2/c1-6(11)9-7-4-2-3-5-8(7)12-10-9/h2-6,11H,1H3/t6-/m0/s1. The van der Waals surface area contributed by atoms with Gasteiger partial charge in [-0.3, -0.25) is 0 Å². The predicted octanol–water partition coefficient (Wildman–Crippen LogP) is 1.88. The molecular weight excluding hydrogens is 154 g/mol. The first-order valence-corrected chi connectivity index (χ1v) is 3.81. The second kappa shape index (κ2) is 2.60. The van der Waals surface area contributed by atoms with E-state index in [1.54, 1.807) is 6.92 Å². The molecule has 0 aliphatic rings. The van der Waals surface area contributed by atoms with E-state index in [9.17, 15) is 5.11 Å². The van der Waals surface area contributed by atoms with E-state index in [0.29, 0.717) is 11.3 Å². The molecule has 0 spiro atoms. The summed E-state index contributed by atoms with van der Waals surface area (Å²) < 4.78 is 5.00. The maximum Gasteiger partial charge on any atom is 0.167 e. The van der Waals surface area contributed by atoms with Crippen LogP contribution in [-0.4, -0.2) is 10.3 Å². The SMILES string of the molecule is C[C@H](O)c1noc2ccccc12.